The molecule has 0 saturated heterocycles. The van der Waals surface area contributed by atoms with Gasteiger partial charge in [-0.3, -0.25) is 4.79 Å². The Morgan fingerprint density at radius 2 is 2.16 bits per heavy atom. The molecule has 2 aromatic heterocycles. The fourth-order valence-corrected chi connectivity index (χ4v) is 2.49. The molecule has 1 saturated carbocycles. The smallest absolute Gasteiger partial charge is 0.254 e. The molecule has 1 aromatic carbocycles. The molecular formula is C18H14FN5O. The molecule has 25 heavy (non-hydrogen) atoms. The van der Waals surface area contributed by atoms with Crippen molar-refractivity contribution in [2.24, 2.45) is 0 Å². The second-order valence-electron chi connectivity index (χ2n) is 5.88. The fourth-order valence-electron chi connectivity index (χ4n) is 2.49. The number of carbonyl (C=O) groups excluding carboxylic acids is 1. The van der Waals surface area contributed by atoms with Crippen LogP contribution in [0.1, 0.15) is 34.3 Å². The van der Waals surface area contributed by atoms with E-state index in [1.54, 1.807) is 6.20 Å². The van der Waals surface area contributed by atoms with Crippen molar-refractivity contribution in [3.8, 4) is 11.8 Å². The lowest BCUT2D eigenvalue weighted by molar-refractivity contribution is 0.0947. The average molecular weight is 335 g/mol. The Balaban J connectivity index is 1.67. The normalized spacial score (nSPS) is 13.3. The number of aromatic amines is 1. The minimum atomic E-state index is -0.562. The molecule has 0 unspecified atom stereocenters. The number of nitrogen functional groups attached to an aromatic ring is 1. The number of nitrogens with one attached hydrogen (secondary N) is 2. The minimum Gasteiger partial charge on any atom is -0.383 e. The first kappa shape index (κ1) is 15.1. The zero-order valence-electron chi connectivity index (χ0n) is 13.1. The molecule has 2 heterocycles. The Morgan fingerprint density at radius 3 is 2.96 bits per heavy atom. The third-order valence-electron chi connectivity index (χ3n) is 3.96. The van der Waals surface area contributed by atoms with Gasteiger partial charge in [-0.25, -0.2) is 14.4 Å². The van der Waals surface area contributed by atoms with E-state index in [1.807, 2.05) is 0 Å². The first-order chi connectivity index (χ1) is 12.1. The summed E-state index contributed by atoms with van der Waals surface area (Å²) in [4.78, 5) is 23.1. The number of rotatable bonds is 2. The lowest BCUT2D eigenvalue weighted by Crippen LogP contribution is -2.26. The summed E-state index contributed by atoms with van der Waals surface area (Å²) in [6.07, 6.45) is 4.94. The number of hydrogen-bond donors (Lipinski definition) is 3. The Kier molecular flexibility index (Phi) is 3.58. The zero-order valence-corrected chi connectivity index (χ0v) is 13.1. The van der Waals surface area contributed by atoms with Gasteiger partial charge in [-0.05, 0) is 31.0 Å². The van der Waals surface area contributed by atoms with Gasteiger partial charge in [0.25, 0.3) is 5.91 Å². The van der Waals surface area contributed by atoms with E-state index in [0.717, 1.165) is 12.8 Å². The molecule has 124 valence electrons. The Morgan fingerprint density at radius 1 is 1.32 bits per heavy atom. The number of nitrogens with two attached hydrogens (primary N) is 1. The highest BCUT2D eigenvalue weighted by Crippen LogP contribution is 2.21. The van der Waals surface area contributed by atoms with Gasteiger partial charge in [0.05, 0.1) is 16.5 Å². The van der Waals surface area contributed by atoms with Gasteiger partial charge in [0, 0.05) is 17.8 Å². The SMILES string of the molecule is Nc1ncnc2[nH]cc(C#Cc3ccc(F)c(C(=O)NC4CC4)c3)c12. The molecule has 1 aliphatic carbocycles. The highest BCUT2D eigenvalue weighted by atomic mass is 19.1. The lowest BCUT2D eigenvalue weighted by atomic mass is 10.1. The molecule has 7 heteroatoms. The molecule has 0 atom stereocenters. The molecule has 0 spiro atoms. The van der Waals surface area contributed by atoms with E-state index in [2.05, 4.69) is 32.1 Å². The summed E-state index contributed by atoms with van der Waals surface area (Å²) in [6, 6.07) is 4.40. The molecule has 1 fully saturated rings. The Hall–Kier alpha value is -3.40. The number of hydrogen-bond acceptors (Lipinski definition) is 4. The Bertz CT molecular complexity index is 1040. The maximum Gasteiger partial charge on any atom is 0.254 e. The average Bonchev–Trinajstić information content (AvgIpc) is 3.31. The maximum absolute atomic E-state index is 13.9. The first-order valence-corrected chi connectivity index (χ1v) is 7.82. The predicted molar refractivity (Wildman–Crippen MR) is 91.2 cm³/mol. The minimum absolute atomic E-state index is 0.000439. The van der Waals surface area contributed by atoms with Crippen LogP contribution in [0.4, 0.5) is 10.2 Å². The van der Waals surface area contributed by atoms with Gasteiger partial charge in [0.1, 0.15) is 23.6 Å². The van der Waals surface area contributed by atoms with Crippen LogP contribution in [0.15, 0.2) is 30.7 Å². The van der Waals surface area contributed by atoms with Crippen molar-refractivity contribution < 1.29 is 9.18 Å². The van der Waals surface area contributed by atoms with Crippen LogP contribution < -0.4 is 11.1 Å². The number of benzene rings is 1. The molecule has 0 bridgehead atoms. The van der Waals surface area contributed by atoms with Crippen molar-refractivity contribution in [1.29, 1.82) is 0 Å². The molecule has 0 radical (unpaired) electrons. The summed E-state index contributed by atoms with van der Waals surface area (Å²) < 4.78 is 13.9. The quantitative estimate of drug-likeness (QED) is 0.624. The van der Waals surface area contributed by atoms with Crippen LogP contribution in [-0.4, -0.2) is 26.9 Å². The van der Waals surface area contributed by atoms with Crippen molar-refractivity contribution in [3.63, 3.8) is 0 Å². The molecule has 3 aromatic rings. The number of anilines is 1. The van der Waals surface area contributed by atoms with E-state index in [4.69, 9.17) is 5.73 Å². The largest absolute Gasteiger partial charge is 0.383 e. The Labute approximate surface area is 142 Å². The molecule has 4 N–H and O–H groups in total. The highest BCUT2D eigenvalue weighted by Gasteiger charge is 2.25. The van der Waals surface area contributed by atoms with Crippen LogP contribution in [0.3, 0.4) is 0 Å². The number of H-pyrrole nitrogens is 1. The van der Waals surface area contributed by atoms with Crippen LogP contribution >= 0.6 is 0 Å². The highest BCUT2D eigenvalue weighted by molar-refractivity contribution is 5.95. The van der Waals surface area contributed by atoms with Crippen molar-refractivity contribution in [2.75, 3.05) is 5.73 Å². The number of halogens is 1. The van der Waals surface area contributed by atoms with E-state index in [0.29, 0.717) is 28.0 Å². The van der Waals surface area contributed by atoms with Gasteiger partial charge >= 0.3 is 0 Å². The van der Waals surface area contributed by atoms with Crippen LogP contribution in [-0.2, 0) is 0 Å². The lowest BCUT2D eigenvalue weighted by Gasteiger charge is -2.04. The van der Waals surface area contributed by atoms with Crippen molar-refractivity contribution in [2.45, 2.75) is 18.9 Å². The topological polar surface area (TPSA) is 96.7 Å². The van der Waals surface area contributed by atoms with Crippen LogP contribution in [0.2, 0.25) is 0 Å². The summed E-state index contributed by atoms with van der Waals surface area (Å²) in [7, 11) is 0. The molecule has 6 nitrogen and oxygen atoms in total. The predicted octanol–water partition coefficient (Wildman–Crippen LogP) is 1.97. The van der Waals surface area contributed by atoms with Crippen molar-refractivity contribution in [3.05, 3.63) is 53.2 Å². The summed E-state index contributed by atoms with van der Waals surface area (Å²) >= 11 is 0. The summed E-state index contributed by atoms with van der Waals surface area (Å²) in [5.74, 6) is 5.26. The van der Waals surface area contributed by atoms with E-state index in [9.17, 15) is 9.18 Å². The number of amides is 1. The van der Waals surface area contributed by atoms with Crippen LogP contribution in [0.25, 0.3) is 11.0 Å². The zero-order chi connectivity index (χ0) is 17.4. The first-order valence-electron chi connectivity index (χ1n) is 7.82. The van der Waals surface area contributed by atoms with E-state index in [-0.39, 0.29) is 11.6 Å². The molecule has 1 amide bonds. The monoisotopic (exact) mass is 335 g/mol. The van der Waals surface area contributed by atoms with E-state index in [1.165, 1.54) is 24.5 Å². The second-order valence-corrected chi connectivity index (χ2v) is 5.88. The van der Waals surface area contributed by atoms with Gasteiger partial charge in [-0.2, -0.15) is 0 Å². The van der Waals surface area contributed by atoms with Crippen LogP contribution in [0.5, 0.6) is 0 Å². The summed E-state index contributed by atoms with van der Waals surface area (Å²) in [5.41, 5.74) is 7.64. The van der Waals surface area contributed by atoms with Gasteiger partial charge in [-0.15, -0.1) is 0 Å². The molecule has 4 rings (SSSR count). The standard InChI is InChI=1S/C18H14FN5O/c19-14-6-2-10(7-13(14)18(25)24-12-4-5-12)1-3-11-8-21-17-15(11)16(20)22-9-23-17/h2,6-9,12H,4-5H2,(H,24,25)(H3,20,21,22,23). The number of fused-ring (bicyclic) bond motifs is 1. The van der Waals surface area contributed by atoms with E-state index >= 15 is 0 Å². The molecule has 1 aliphatic rings. The van der Waals surface area contributed by atoms with Gasteiger partial charge < -0.3 is 16.0 Å². The van der Waals surface area contributed by atoms with Crippen molar-refractivity contribution >= 4 is 22.8 Å². The van der Waals surface area contributed by atoms with Crippen molar-refractivity contribution in [1.82, 2.24) is 20.3 Å². The van der Waals surface area contributed by atoms with Gasteiger partial charge in [0.2, 0.25) is 0 Å². The molecular weight excluding hydrogens is 321 g/mol. The third kappa shape index (κ3) is 3.02. The third-order valence-corrected chi connectivity index (χ3v) is 3.96. The summed E-state index contributed by atoms with van der Waals surface area (Å²) in [6.45, 7) is 0. The fraction of sp³-hybridized carbons (Fsp3) is 0.167. The van der Waals surface area contributed by atoms with E-state index < -0.39 is 11.7 Å². The number of nitrogens with zero attached hydrogens (tertiary/aromatic N) is 2. The van der Waals surface area contributed by atoms with Gasteiger partial charge in [0.15, 0.2) is 0 Å². The van der Waals surface area contributed by atoms with Crippen LogP contribution in [0, 0.1) is 17.7 Å². The van der Waals surface area contributed by atoms with Gasteiger partial charge in [-0.1, -0.05) is 11.8 Å². The number of carbonyl (C=O) groups is 1. The molecule has 0 aliphatic heterocycles. The second kappa shape index (κ2) is 5.91. The summed E-state index contributed by atoms with van der Waals surface area (Å²) in [5, 5.41) is 3.42. The number of aromatic nitrogens is 3. The maximum atomic E-state index is 13.9.